The minimum atomic E-state index is -4.20. The van der Waals surface area contributed by atoms with Gasteiger partial charge in [-0.15, -0.1) is 0 Å². The predicted molar refractivity (Wildman–Crippen MR) is 83.0 cm³/mol. The van der Waals surface area contributed by atoms with Crippen LogP contribution in [0.2, 0.25) is 0 Å². The predicted octanol–water partition coefficient (Wildman–Crippen LogP) is 2.99. The molecule has 0 saturated heterocycles. The molecular weight excluding hydrogens is 324 g/mol. The Morgan fingerprint density at radius 1 is 1.09 bits per heavy atom. The van der Waals surface area contributed by atoms with Gasteiger partial charge in [-0.05, 0) is 37.6 Å². The lowest BCUT2D eigenvalue weighted by atomic mass is 10.1. The summed E-state index contributed by atoms with van der Waals surface area (Å²) < 4.78 is 50.6. The van der Waals surface area contributed by atoms with Crippen molar-refractivity contribution in [1.29, 1.82) is 0 Å². The second-order valence-corrected chi connectivity index (χ2v) is 7.16. The first kappa shape index (κ1) is 17.1. The molecule has 0 bridgehead atoms. The van der Waals surface area contributed by atoms with Crippen LogP contribution in [0, 0.1) is 25.5 Å². The molecule has 2 aromatic rings. The van der Waals surface area contributed by atoms with Crippen molar-refractivity contribution in [2.24, 2.45) is 0 Å². The van der Waals surface area contributed by atoms with Gasteiger partial charge < -0.3 is 5.32 Å². The third-order valence-electron chi connectivity index (χ3n) is 3.21. The molecule has 0 atom stereocenters. The lowest BCUT2D eigenvalue weighted by molar-refractivity contribution is -0.113. The summed E-state index contributed by atoms with van der Waals surface area (Å²) in [7, 11) is -4.20. The first-order valence-electron chi connectivity index (χ1n) is 6.74. The van der Waals surface area contributed by atoms with Crippen LogP contribution >= 0.6 is 0 Å². The normalized spacial score (nSPS) is 11.3. The molecule has 23 heavy (non-hydrogen) atoms. The smallest absolute Gasteiger partial charge is 0.239 e. The molecule has 2 rings (SSSR count). The number of carbonyl (C=O) groups excluding carboxylic acids is 1. The van der Waals surface area contributed by atoms with Crippen molar-refractivity contribution in [1.82, 2.24) is 0 Å². The molecule has 7 heteroatoms. The van der Waals surface area contributed by atoms with Crippen LogP contribution in [0.4, 0.5) is 14.5 Å². The van der Waals surface area contributed by atoms with E-state index in [1.165, 1.54) is 0 Å². The Bertz CT molecular complexity index is 864. The number of anilines is 1. The first-order chi connectivity index (χ1) is 10.7. The van der Waals surface area contributed by atoms with Crippen LogP contribution in [-0.2, 0) is 14.6 Å². The topological polar surface area (TPSA) is 63.2 Å². The van der Waals surface area contributed by atoms with Gasteiger partial charge in [0.25, 0.3) is 0 Å². The van der Waals surface area contributed by atoms with Gasteiger partial charge in [0.15, 0.2) is 9.84 Å². The van der Waals surface area contributed by atoms with Gasteiger partial charge in [0, 0.05) is 11.8 Å². The maximum atomic E-state index is 13.6. The minimum Gasteiger partial charge on any atom is -0.325 e. The maximum absolute atomic E-state index is 13.6. The molecule has 0 aliphatic heterocycles. The van der Waals surface area contributed by atoms with Crippen molar-refractivity contribution in [2.75, 3.05) is 11.1 Å². The van der Waals surface area contributed by atoms with Crippen LogP contribution in [0.5, 0.6) is 0 Å². The van der Waals surface area contributed by atoms with Crippen molar-refractivity contribution in [3.05, 3.63) is 59.2 Å². The van der Waals surface area contributed by atoms with E-state index in [1.807, 2.05) is 13.0 Å². The molecule has 1 amide bonds. The number of hydrogen-bond acceptors (Lipinski definition) is 3. The number of nitrogens with one attached hydrogen (secondary N) is 1. The van der Waals surface area contributed by atoms with Crippen LogP contribution in [0.3, 0.4) is 0 Å². The van der Waals surface area contributed by atoms with E-state index in [0.717, 1.165) is 23.3 Å². The van der Waals surface area contributed by atoms with Crippen molar-refractivity contribution < 1.29 is 22.0 Å². The standard InChI is InChI=1S/C16H15F2NO3S/c1-10-3-5-14(11(2)7-10)19-16(20)9-23(21,22)15-6-4-12(17)8-13(15)18/h3-8H,9H2,1-2H3,(H,19,20). The first-order valence-corrected chi connectivity index (χ1v) is 8.39. The van der Waals surface area contributed by atoms with Crippen molar-refractivity contribution in [3.63, 3.8) is 0 Å². The lowest BCUT2D eigenvalue weighted by Gasteiger charge is -2.10. The molecule has 2 aromatic carbocycles. The molecule has 0 saturated carbocycles. The van der Waals surface area contributed by atoms with E-state index >= 15 is 0 Å². The van der Waals surface area contributed by atoms with Crippen LogP contribution in [0.1, 0.15) is 11.1 Å². The second-order valence-electron chi connectivity index (χ2n) is 5.20. The summed E-state index contributed by atoms with van der Waals surface area (Å²) in [5.74, 6) is -3.82. The minimum absolute atomic E-state index is 0.467. The number of carbonyl (C=O) groups is 1. The fourth-order valence-corrected chi connectivity index (χ4v) is 3.32. The van der Waals surface area contributed by atoms with Gasteiger partial charge in [-0.2, -0.15) is 0 Å². The number of rotatable bonds is 4. The van der Waals surface area contributed by atoms with Crippen molar-refractivity contribution in [3.8, 4) is 0 Å². The molecule has 0 aromatic heterocycles. The van der Waals surface area contributed by atoms with Gasteiger partial charge in [-0.3, -0.25) is 4.79 Å². The Morgan fingerprint density at radius 3 is 2.39 bits per heavy atom. The van der Waals surface area contributed by atoms with Gasteiger partial charge in [0.05, 0.1) is 0 Å². The quantitative estimate of drug-likeness (QED) is 0.871. The number of aryl methyl sites for hydroxylation is 2. The fraction of sp³-hybridized carbons (Fsp3) is 0.188. The van der Waals surface area contributed by atoms with E-state index in [9.17, 15) is 22.0 Å². The summed E-state index contributed by atoms with van der Waals surface area (Å²) in [4.78, 5) is 11.2. The summed E-state index contributed by atoms with van der Waals surface area (Å²) in [6, 6.07) is 7.38. The van der Waals surface area contributed by atoms with E-state index < -0.39 is 38.0 Å². The van der Waals surface area contributed by atoms with E-state index in [0.29, 0.717) is 11.8 Å². The highest BCUT2D eigenvalue weighted by Gasteiger charge is 2.23. The molecule has 0 unspecified atom stereocenters. The van der Waals surface area contributed by atoms with E-state index in [2.05, 4.69) is 5.32 Å². The van der Waals surface area contributed by atoms with E-state index in [4.69, 9.17) is 0 Å². The number of halogens is 2. The zero-order valence-corrected chi connectivity index (χ0v) is 13.4. The largest absolute Gasteiger partial charge is 0.325 e. The number of hydrogen-bond donors (Lipinski definition) is 1. The molecule has 0 fully saturated rings. The highest BCUT2D eigenvalue weighted by molar-refractivity contribution is 7.92. The Labute approximate surface area is 133 Å². The summed E-state index contributed by atoms with van der Waals surface area (Å²) in [5.41, 5.74) is 2.26. The lowest BCUT2D eigenvalue weighted by Crippen LogP contribution is -2.24. The Balaban J connectivity index is 2.18. The molecule has 0 heterocycles. The van der Waals surface area contributed by atoms with Gasteiger partial charge in [0.2, 0.25) is 5.91 Å². The molecule has 0 radical (unpaired) electrons. The van der Waals surface area contributed by atoms with Crippen LogP contribution in [-0.4, -0.2) is 20.1 Å². The molecule has 0 spiro atoms. The molecular formula is C16H15F2NO3S. The SMILES string of the molecule is Cc1ccc(NC(=O)CS(=O)(=O)c2ccc(F)cc2F)c(C)c1. The number of sulfone groups is 1. The highest BCUT2D eigenvalue weighted by atomic mass is 32.2. The summed E-state index contributed by atoms with van der Waals surface area (Å²) in [5, 5.41) is 2.48. The fourth-order valence-electron chi connectivity index (χ4n) is 2.12. The van der Waals surface area contributed by atoms with Crippen LogP contribution in [0.25, 0.3) is 0 Å². The summed E-state index contributed by atoms with van der Waals surface area (Å²) >= 11 is 0. The summed E-state index contributed by atoms with van der Waals surface area (Å²) in [6.07, 6.45) is 0. The zero-order valence-electron chi connectivity index (χ0n) is 12.6. The van der Waals surface area contributed by atoms with Crippen molar-refractivity contribution in [2.45, 2.75) is 18.7 Å². The third-order valence-corrected chi connectivity index (χ3v) is 4.85. The zero-order chi connectivity index (χ0) is 17.2. The second kappa shape index (κ2) is 6.45. The molecule has 1 N–H and O–H groups in total. The Kier molecular flexibility index (Phi) is 4.79. The Hall–Kier alpha value is -2.28. The van der Waals surface area contributed by atoms with E-state index in [-0.39, 0.29) is 0 Å². The molecule has 122 valence electrons. The average Bonchev–Trinajstić information content (AvgIpc) is 2.40. The van der Waals surface area contributed by atoms with Crippen LogP contribution in [0.15, 0.2) is 41.3 Å². The van der Waals surface area contributed by atoms with Gasteiger partial charge in [-0.1, -0.05) is 17.7 Å². The van der Waals surface area contributed by atoms with Crippen molar-refractivity contribution >= 4 is 21.4 Å². The van der Waals surface area contributed by atoms with Gasteiger partial charge >= 0.3 is 0 Å². The number of benzene rings is 2. The molecule has 0 aliphatic carbocycles. The number of amides is 1. The third kappa shape index (κ3) is 4.13. The monoisotopic (exact) mass is 339 g/mol. The maximum Gasteiger partial charge on any atom is 0.239 e. The highest BCUT2D eigenvalue weighted by Crippen LogP contribution is 2.19. The average molecular weight is 339 g/mol. The molecule has 4 nitrogen and oxygen atoms in total. The van der Waals surface area contributed by atoms with E-state index in [1.54, 1.807) is 19.1 Å². The van der Waals surface area contributed by atoms with Gasteiger partial charge in [0.1, 0.15) is 22.3 Å². The Morgan fingerprint density at radius 2 is 1.78 bits per heavy atom. The molecule has 0 aliphatic rings. The van der Waals surface area contributed by atoms with Gasteiger partial charge in [-0.25, -0.2) is 17.2 Å². The van der Waals surface area contributed by atoms with Crippen LogP contribution < -0.4 is 5.32 Å². The summed E-state index contributed by atoms with van der Waals surface area (Å²) in [6.45, 7) is 3.66.